The zero-order chi connectivity index (χ0) is 16.2. The van der Waals surface area contributed by atoms with Crippen molar-refractivity contribution in [3.63, 3.8) is 0 Å². The van der Waals surface area contributed by atoms with Crippen LogP contribution in [-0.4, -0.2) is 15.9 Å². The summed E-state index contributed by atoms with van der Waals surface area (Å²) in [5.41, 5.74) is 3.46. The van der Waals surface area contributed by atoms with Crippen LogP contribution in [-0.2, 0) is 0 Å². The number of amides is 1. The lowest BCUT2D eigenvalue weighted by Crippen LogP contribution is -2.13. The van der Waals surface area contributed by atoms with Gasteiger partial charge in [0.25, 0.3) is 5.91 Å². The number of aromatic amines is 1. The molecule has 2 N–H and O–H groups in total. The Balaban J connectivity index is 1.89. The molecule has 0 radical (unpaired) electrons. The Morgan fingerprint density at radius 1 is 1.26 bits per heavy atom. The van der Waals surface area contributed by atoms with Crippen molar-refractivity contribution >= 4 is 11.6 Å². The highest BCUT2D eigenvalue weighted by atomic mass is 16.1. The molecule has 0 atom stereocenters. The molecule has 3 aromatic rings. The summed E-state index contributed by atoms with van der Waals surface area (Å²) in [5.74, 6) is 0.494. The van der Waals surface area contributed by atoms with Crippen LogP contribution in [0.25, 0.3) is 11.4 Å². The SMILES string of the molecule is Cc1ccc(-c2ncc[nH]2)cc1NC(=O)c1cccc(C#N)c1. The zero-order valence-electron chi connectivity index (χ0n) is 12.5. The van der Waals surface area contributed by atoms with E-state index < -0.39 is 0 Å². The molecule has 0 aliphatic carbocycles. The van der Waals surface area contributed by atoms with Gasteiger partial charge in [-0.15, -0.1) is 0 Å². The molecule has 0 bridgehead atoms. The maximum absolute atomic E-state index is 12.4. The Hall–Kier alpha value is -3.39. The van der Waals surface area contributed by atoms with Crippen molar-refractivity contribution in [2.24, 2.45) is 0 Å². The van der Waals surface area contributed by atoms with Gasteiger partial charge in [0.15, 0.2) is 0 Å². The smallest absolute Gasteiger partial charge is 0.255 e. The van der Waals surface area contributed by atoms with Gasteiger partial charge in [-0.1, -0.05) is 18.2 Å². The second-order valence-electron chi connectivity index (χ2n) is 5.11. The molecule has 5 heteroatoms. The average molecular weight is 302 g/mol. The molecule has 0 unspecified atom stereocenters. The van der Waals surface area contributed by atoms with E-state index in [1.54, 1.807) is 36.7 Å². The average Bonchev–Trinajstić information content (AvgIpc) is 3.11. The molecular formula is C18H14N4O. The van der Waals surface area contributed by atoms with Crippen molar-refractivity contribution in [3.05, 3.63) is 71.5 Å². The highest BCUT2D eigenvalue weighted by Gasteiger charge is 2.10. The number of hydrogen-bond acceptors (Lipinski definition) is 3. The van der Waals surface area contributed by atoms with Crippen LogP contribution in [0.3, 0.4) is 0 Å². The van der Waals surface area contributed by atoms with Crippen molar-refractivity contribution in [2.75, 3.05) is 5.32 Å². The van der Waals surface area contributed by atoms with Crippen LogP contribution in [0.5, 0.6) is 0 Å². The van der Waals surface area contributed by atoms with Crippen molar-refractivity contribution in [1.82, 2.24) is 9.97 Å². The van der Waals surface area contributed by atoms with Gasteiger partial charge in [0, 0.05) is 29.2 Å². The molecule has 0 aliphatic heterocycles. The normalized spacial score (nSPS) is 10.1. The van der Waals surface area contributed by atoms with E-state index in [1.165, 1.54) is 0 Å². The highest BCUT2D eigenvalue weighted by Crippen LogP contribution is 2.23. The monoisotopic (exact) mass is 302 g/mol. The first-order chi connectivity index (χ1) is 11.2. The molecule has 0 saturated carbocycles. The number of aromatic nitrogens is 2. The maximum atomic E-state index is 12.4. The molecule has 23 heavy (non-hydrogen) atoms. The first-order valence-corrected chi connectivity index (χ1v) is 7.09. The summed E-state index contributed by atoms with van der Waals surface area (Å²) >= 11 is 0. The Labute approximate surface area is 133 Å². The Morgan fingerprint density at radius 2 is 2.13 bits per heavy atom. The van der Waals surface area contributed by atoms with E-state index in [1.807, 2.05) is 31.2 Å². The quantitative estimate of drug-likeness (QED) is 0.776. The van der Waals surface area contributed by atoms with E-state index in [4.69, 9.17) is 5.26 Å². The largest absolute Gasteiger partial charge is 0.345 e. The third-order valence-electron chi connectivity index (χ3n) is 3.51. The number of aryl methyl sites for hydroxylation is 1. The lowest BCUT2D eigenvalue weighted by molar-refractivity contribution is 0.102. The summed E-state index contributed by atoms with van der Waals surface area (Å²) in [5, 5.41) is 11.8. The summed E-state index contributed by atoms with van der Waals surface area (Å²) in [6.07, 6.45) is 3.43. The lowest BCUT2D eigenvalue weighted by atomic mass is 10.1. The molecule has 3 rings (SSSR count). The predicted octanol–water partition coefficient (Wildman–Crippen LogP) is 3.51. The fraction of sp³-hybridized carbons (Fsp3) is 0.0556. The second-order valence-corrected chi connectivity index (χ2v) is 5.11. The Morgan fingerprint density at radius 3 is 2.87 bits per heavy atom. The molecule has 0 spiro atoms. The number of H-pyrrole nitrogens is 1. The number of imidazole rings is 1. The van der Waals surface area contributed by atoms with Crippen LogP contribution in [0.2, 0.25) is 0 Å². The number of nitrogens with zero attached hydrogens (tertiary/aromatic N) is 2. The molecule has 1 aromatic heterocycles. The van der Waals surface area contributed by atoms with E-state index in [0.29, 0.717) is 16.8 Å². The van der Waals surface area contributed by atoms with Gasteiger partial charge in [-0.05, 0) is 36.8 Å². The minimum Gasteiger partial charge on any atom is -0.345 e. The molecule has 0 aliphatic rings. The molecule has 1 amide bonds. The number of carbonyl (C=O) groups excluding carboxylic acids is 1. The minimum atomic E-state index is -0.248. The van der Waals surface area contributed by atoms with Crippen molar-refractivity contribution in [3.8, 4) is 17.5 Å². The van der Waals surface area contributed by atoms with E-state index in [-0.39, 0.29) is 5.91 Å². The summed E-state index contributed by atoms with van der Waals surface area (Å²) < 4.78 is 0. The standard InChI is InChI=1S/C18H14N4O/c1-12-5-6-14(17-20-7-8-21-17)10-16(12)22-18(23)15-4-2-3-13(9-15)11-19/h2-10H,1H3,(H,20,21)(H,22,23). The summed E-state index contributed by atoms with van der Waals surface area (Å²) in [6, 6.07) is 14.4. The number of nitriles is 1. The number of rotatable bonds is 3. The topological polar surface area (TPSA) is 81.6 Å². The Kier molecular flexibility index (Phi) is 3.89. The van der Waals surface area contributed by atoms with Gasteiger partial charge in [0.2, 0.25) is 0 Å². The molecule has 112 valence electrons. The van der Waals surface area contributed by atoms with Crippen LogP contribution in [0.4, 0.5) is 5.69 Å². The second kappa shape index (κ2) is 6.16. The minimum absolute atomic E-state index is 0.248. The van der Waals surface area contributed by atoms with E-state index >= 15 is 0 Å². The van der Waals surface area contributed by atoms with Crippen molar-refractivity contribution in [2.45, 2.75) is 6.92 Å². The molecule has 0 saturated heterocycles. The van der Waals surface area contributed by atoms with Crippen molar-refractivity contribution in [1.29, 1.82) is 5.26 Å². The van der Waals surface area contributed by atoms with Crippen molar-refractivity contribution < 1.29 is 4.79 Å². The highest BCUT2D eigenvalue weighted by molar-refractivity contribution is 6.05. The van der Waals surface area contributed by atoms with Crippen LogP contribution in [0.1, 0.15) is 21.5 Å². The summed E-state index contributed by atoms with van der Waals surface area (Å²) in [4.78, 5) is 19.6. The van der Waals surface area contributed by atoms with Gasteiger partial charge in [-0.25, -0.2) is 4.98 Å². The van der Waals surface area contributed by atoms with Gasteiger partial charge >= 0.3 is 0 Å². The third kappa shape index (κ3) is 3.11. The summed E-state index contributed by atoms with van der Waals surface area (Å²) in [6.45, 7) is 1.92. The van der Waals surface area contributed by atoms with Crippen LogP contribution in [0, 0.1) is 18.3 Å². The number of nitrogens with one attached hydrogen (secondary N) is 2. The van der Waals surface area contributed by atoms with E-state index in [0.717, 1.165) is 17.0 Å². The fourth-order valence-electron chi connectivity index (χ4n) is 2.25. The predicted molar refractivity (Wildman–Crippen MR) is 87.9 cm³/mol. The van der Waals surface area contributed by atoms with Gasteiger partial charge in [0.05, 0.1) is 11.6 Å². The maximum Gasteiger partial charge on any atom is 0.255 e. The fourth-order valence-corrected chi connectivity index (χ4v) is 2.25. The zero-order valence-corrected chi connectivity index (χ0v) is 12.5. The first kappa shape index (κ1) is 14.5. The first-order valence-electron chi connectivity index (χ1n) is 7.09. The molecule has 5 nitrogen and oxygen atoms in total. The summed E-state index contributed by atoms with van der Waals surface area (Å²) in [7, 11) is 0. The molecule has 2 aromatic carbocycles. The number of benzene rings is 2. The third-order valence-corrected chi connectivity index (χ3v) is 3.51. The van der Waals surface area contributed by atoms with E-state index in [2.05, 4.69) is 15.3 Å². The Bertz CT molecular complexity index is 892. The lowest BCUT2D eigenvalue weighted by Gasteiger charge is -2.10. The van der Waals surface area contributed by atoms with Crippen LogP contribution >= 0.6 is 0 Å². The van der Waals surface area contributed by atoms with Crippen LogP contribution < -0.4 is 5.32 Å². The van der Waals surface area contributed by atoms with Gasteiger partial charge in [-0.3, -0.25) is 4.79 Å². The van der Waals surface area contributed by atoms with Crippen LogP contribution in [0.15, 0.2) is 54.9 Å². The number of hydrogen-bond donors (Lipinski definition) is 2. The van der Waals surface area contributed by atoms with Gasteiger partial charge < -0.3 is 10.3 Å². The number of carbonyl (C=O) groups is 1. The van der Waals surface area contributed by atoms with Gasteiger partial charge in [0.1, 0.15) is 5.82 Å². The van der Waals surface area contributed by atoms with E-state index in [9.17, 15) is 4.79 Å². The van der Waals surface area contributed by atoms with Gasteiger partial charge in [-0.2, -0.15) is 5.26 Å². The molecule has 0 fully saturated rings. The number of anilines is 1. The molecule has 1 heterocycles. The molecular weight excluding hydrogens is 288 g/mol.